The molecule has 0 N–H and O–H groups in total. The fourth-order valence-corrected chi connectivity index (χ4v) is 2.20. The van der Waals surface area contributed by atoms with E-state index >= 15 is 0 Å². The molecule has 0 spiro atoms. The second kappa shape index (κ2) is 6.66. The molecule has 3 nitrogen and oxygen atoms in total. The molecule has 0 aliphatic carbocycles. The van der Waals surface area contributed by atoms with E-state index < -0.39 is 6.10 Å². The van der Waals surface area contributed by atoms with Crippen LogP contribution in [0.1, 0.15) is 29.8 Å². The lowest BCUT2D eigenvalue weighted by molar-refractivity contribution is 0.0817. The third-order valence-corrected chi connectivity index (χ3v) is 3.44. The number of rotatable bonds is 5. The number of benzene rings is 1. The van der Waals surface area contributed by atoms with Crippen molar-refractivity contribution >= 4 is 21.7 Å². The molecule has 104 valence electrons. The molecule has 0 bridgehead atoms. The molecule has 0 amide bonds. The van der Waals surface area contributed by atoms with E-state index in [-0.39, 0.29) is 5.78 Å². The molecule has 20 heavy (non-hydrogen) atoms. The average molecular weight is 334 g/mol. The number of carbonyl (C=O) groups excluding carboxylic acids is 1. The monoisotopic (exact) mass is 333 g/mol. The topological polar surface area (TPSA) is 39.2 Å². The van der Waals surface area contributed by atoms with Gasteiger partial charge in [-0.2, -0.15) is 0 Å². The predicted molar refractivity (Wildman–Crippen MR) is 82.2 cm³/mol. The predicted octanol–water partition coefficient (Wildman–Crippen LogP) is 4.06. The molecular formula is C16H16BrNO2. The fraction of sp³-hybridized carbons (Fsp3) is 0.250. The number of carbonyl (C=O) groups is 1. The highest BCUT2D eigenvalue weighted by atomic mass is 79.9. The summed E-state index contributed by atoms with van der Waals surface area (Å²) in [5, 5.41) is 0. The van der Waals surface area contributed by atoms with Crippen molar-refractivity contribution in [3.05, 3.63) is 58.3 Å². The van der Waals surface area contributed by atoms with Crippen molar-refractivity contribution in [3.63, 3.8) is 0 Å². The Kier molecular flexibility index (Phi) is 4.90. The summed E-state index contributed by atoms with van der Waals surface area (Å²) < 4.78 is 6.45. The highest BCUT2D eigenvalue weighted by molar-refractivity contribution is 9.10. The number of hydrogen-bond acceptors (Lipinski definition) is 3. The number of hydrogen-bond donors (Lipinski definition) is 0. The number of aromatic nitrogens is 1. The maximum Gasteiger partial charge on any atom is 0.202 e. The van der Waals surface area contributed by atoms with E-state index in [1.165, 1.54) is 5.56 Å². The highest BCUT2D eigenvalue weighted by Crippen LogP contribution is 2.18. The number of ketones is 1. The zero-order valence-electron chi connectivity index (χ0n) is 11.5. The van der Waals surface area contributed by atoms with Gasteiger partial charge in [0.2, 0.25) is 5.78 Å². The van der Waals surface area contributed by atoms with E-state index in [0.717, 1.165) is 10.9 Å². The van der Waals surface area contributed by atoms with Crippen LogP contribution in [0, 0.1) is 0 Å². The van der Waals surface area contributed by atoms with Crippen molar-refractivity contribution in [2.45, 2.75) is 26.4 Å². The third kappa shape index (κ3) is 3.67. The number of pyridine rings is 1. The van der Waals surface area contributed by atoms with Crippen molar-refractivity contribution in [3.8, 4) is 5.75 Å². The Hall–Kier alpha value is -1.68. The van der Waals surface area contributed by atoms with Crippen LogP contribution in [-0.4, -0.2) is 16.9 Å². The van der Waals surface area contributed by atoms with Gasteiger partial charge in [-0.15, -0.1) is 0 Å². The largest absolute Gasteiger partial charge is 0.481 e. The molecule has 2 aromatic rings. The van der Waals surface area contributed by atoms with E-state index in [1.807, 2.05) is 24.3 Å². The Morgan fingerprint density at radius 3 is 2.60 bits per heavy atom. The number of nitrogens with zero attached hydrogens (tertiary/aromatic N) is 1. The summed E-state index contributed by atoms with van der Waals surface area (Å²) in [6, 6.07) is 9.43. The smallest absolute Gasteiger partial charge is 0.202 e. The summed E-state index contributed by atoms with van der Waals surface area (Å²) in [7, 11) is 0. The molecule has 1 aromatic carbocycles. The molecule has 0 radical (unpaired) electrons. The third-order valence-electron chi connectivity index (χ3n) is 3.01. The summed E-state index contributed by atoms with van der Waals surface area (Å²) in [4.78, 5) is 16.3. The molecule has 0 aliphatic heterocycles. The fourth-order valence-electron chi connectivity index (χ4n) is 1.85. The number of Topliss-reactive ketones (excluding diaryl/α,β-unsaturated/α-hetero) is 1. The van der Waals surface area contributed by atoms with Crippen molar-refractivity contribution in [2.24, 2.45) is 0 Å². The second-order valence-corrected chi connectivity index (χ2v) is 5.43. The van der Waals surface area contributed by atoms with Gasteiger partial charge in [0.05, 0.1) is 6.20 Å². The summed E-state index contributed by atoms with van der Waals surface area (Å²) in [6.45, 7) is 3.83. The van der Waals surface area contributed by atoms with Crippen LogP contribution in [-0.2, 0) is 6.42 Å². The number of ether oxygens (including phenoxy) is 1. The van der Waals surface area contributed by atoms with Crippen LogP contribution in [0.3, 0.4) is 0 Å². The van der Waals surface area contributed by atoms with E-state index in [2.05, 4.69) is 27.8 Å². The van der Waals surface area contributed by atoms with Gasteiger partial charge in [0.1, 0.15) is 5.75 Å². The minimum absolute atomic E-state index is 0.0346. The van der Waals surface area contributed by atoms with Crippen LogP contribution >= 0.6 is 15.9 Å². The summed E-state index contributed by atoms with van der Waals surface area (Å²) in [6.07, 6.45) is 3.68. The SMILES string of the molecule is CCc1ccc(C(=O)C(C)Oc2cncc(Br)c2)cc1. The summed E-state index contributed by atoms with van der Waals surface area (Å²) >= 11 is 3.32. The lowest BCUT2D eigenvalue weighted by Gasteiger charge is -2.13. The van der Waals surface area contributed by atoms with Crippen molar-refractivity contribution < 1.29 is 9.53 Å². The van der Waals surface area contributed by atoms with E-state index in [1.54, 1.807) is 25.4 Å². The Morgan fingerprint density at radius 1 is 1.30 bits per heavy atom. The number of halogens is 1. The van der Waals surface area contributed by atoms with Crippen molar-refractivity contribution in [1.82, 2.24) is 4.98 Å². The molecule has 0 fully saturated rings. The first-order valence-corrected chi connectivity index (χ1v) is 7.30. The van der Waals surface area contributed by atoms with Crippen LogP contribution in [0.25, 0.3) is 0 Å². The van der Waals surface area contributed by atoms with Gasteiger partial charge in [-0.05, 0) is 40.9 Å². The second-order valence-electron chi connectivity index (χ2n) is 4.51. The lowest BCUT2D eigenvalue weighted by atomic mass is 10.0. The van der Waals surface area contributed by atoms with Gasteiger partial charge in [0, 0.05) is 16.2 Å². The van der Waals surface area contributed by atoms with Crippen LogP contribution in [0.2, 0.25) is 0 Å². The molecule has 0 saturated carbocycles. The average Bonchev–Trinajstić information content (AvgIpc) is 2.46. The van der Waals surface area contributed by atoms with Gasteiger partial charge in [0.25, 0.3) is 0 Å². The van der Waals surface area contributed by atoms with Crippen molar-refractivity contribution in [1.29, 1.82) is 0 Å². The van der Waals surface area contributed by atoms with Crippen molar-refractivity contribution in [2.75, 3.05) is 0 Å². The molecule has 2 rings (SSSR count). The molecule has 0 aliphatic rings. The maximum atomic E-state index is 12.3. The molecular weight excluding hydrogens is 318 g/mol. The van der Waals surface area contributed by atoms with Gasteiger partial charge in [-0.3, -0.25) is 9.78 Å². The Bertz CT molecular complexity index is 596. The quantitative estimate of drug-likeness (QED) is 0.774. The van der Waals surface area contributed by atoms with E-state index in [9.17, 15) is 4.79 Å². The standard InChI is InChI=1S/C16H16BrNO2/c1-3-12-4-6-13(7-5-12)16(19)11(2)20-15-8-14(17)9-18-10-15/h4-11H,3H2,1-2H3. The van der Waals surface area contributed by atoms with Crippen LogP contribution in [0.15, 0.2) is 47.2 Å². The highest BCUT2D eigenvalue weighted by Gasteiger charge is 2.17. The Balaban J connectivity index is 2.07. The zero-order valence-corrected chi connectivity index (χ0v) is 13.1. The first-order valence-electron chi connectivity index (χ1n) is 6.50. The molecule has 1 atom stereocenters. The first kappa shape index (κ1) is 14.7. The molecule has 1 unspecified atom stereocenters. The van der Waals surface area contributed by atoms with Crippen LogP contribution in [0.4, 0.5) is 0 Å². The maximum absolute atomic E-state index is 12.3. The van der Waals surface area contributed by atoms with Gasteiger partial charge in [-0.1, -0.05) is 31.2 Å². The minimum Gasteiger partial charge on any atom is -0.481 e. The minimum atomic E-state index is -0.543. The summed E-state index contributed by atoms with van der Waals surface area (Å²) in [5.74, 6) is 0.540. The zero-order chi connectivity index (χ0) is 14.5. The van der Waals surface area contributed by atoms with Crippen LogP contribution < -0.4 is 4.74 Å². The number of aryl methyl sites for hydroxylation is 1. The van der Waals surface area contributed by atoms with Gasteiger partial charge >= 0.3 is 0 Å². The lowest BCUT2D eigenvalue weighted by Crippen LogP contribution is -2.23. The molecule has 0 saturated heterocycles. The Morgan fingerprint density at radius 2 is 2.00 bits per heavy atom. The van der Waals surface area contributed by atoms with E-state index in [0.29, 0.717) is 11.3 Å². The van der Waals surface area contributed by atoms with Gasteiger partial charge < -0.3 is 4.74 Å². The van der Waals surface area contributed by atoms with Crippen LogP contribution in [0.5, 0.6) is 5.75 Å². The van der Waals surface area contributed by atoms with E-state index in [4.69, 9.17) is 4.74 Å². The molecule has 1 aromatic heterocycles. The molecule has 4 heteroatoms. The summed E-state index contributed by atoms with van der Waals surface area (Å²) in [5.41, 5.74) is 1.88. The van der Waals surface area contributed by atoms with Gasteiger partial charge in [0.15, 0.2) is 6.10 Å². The molecule has 1 heterocycles. The normalized spacial score (nSPS) is 11.9. The first-order chi connectivity index (χ1) is 9.60. The van der Waals surface area contributed by atoms with Gasteiger partial charge in [-0.25, -0.2) is 0 Å². The Labute approximate surface area is 127 Å².